The van der Waals surface area contributed by atoms with Crippen molar-refractivity contribution in [1.82, 2.24) is 5.32 Å². The molecule has 0 spiro atoms. The van der Waals surface area contributed by atoms with E-state index in [0.717, 1.165) is 0 Å². The predicted octanol–water partition coefficient (Wildman–Crippen LogP) is 3.59. The van der Waals surface area contributed by atoms with E-state index in [-0.39, 0.29) is 5.54 Å². The summed E-state index contributed by atoms with van der Waals surface area (Å²) in [5, 5.41) is 14.6. The average molecular weight is 276 g/mol. The van der Waals surface area contributed by atoms with Gasteiger partial charge in [0.2, 0.25) is 0 Å². The Balaban J connectivity index is 2.93. The van der Waals surface area contributed by atoms with E-state index >= 15 is 0 Å². The van der Waals surface area contributed by atoms with Crippen LogP contribution < -0.4 is 5.32 Å². The molecule has 0 radical (unpaired) electrons. The van der Waals surface area contributed by atoms with Crippen molar-refractivity contribution in [2.24, 2.45) is 0 Å². The second kappa shape index (κ2) is 5.15. The van der Waals surface area contributed by atoms with Gasteiger partial charge in [-0.2, -0.15) is 0 Å². The number of hydrogen-bond acceptors (Lipinski definition) is 2. The Hall–Kier alpha value is -0.280. The van der Waals surface area contributed by atoms with Crippen molar-refractivity contribution >= 4 is 23.2 Å². The van der Waals surface area contributed by atoms with Crippen molar-refractivity contribution in [2.75, 3.05) is 6.54 Å². The SMILES string of the molecule is CC(C)(C)NCC(C)(O)c1cccc(Cl)c1Cl. The molecule has 2 nitrogen and oxygen atoms in total. The standard InChI is InChI=1S/C13H19Cl2NO/c1-12(2,3)16-8-13(4,17)9-6-5-7-10(14)11(9)15/h5-7,16-17H,8H2,1-4H3. The molecule has 0 bridgehead atoms. The number of nitrogens with one attached hydrogen (secondary N) is 1. The molecule has 1 rings (SSSR count). The van der Waals surface area contributed by atoms with Crippen LogP contribution in [0, 0.1) is 0 Å². The predicted molar refractivity (Wildman–Crippen MR) is 73.8 cm³/mol. The highest BCUT2D eigenvalue weighted by molar-refractivity contribution is 6.42. The van der Waals surface area contributed by atoms with Crippen molar-refractivity contribution in [3.8, 4) is 0 Å². The minimum Gasteiger partial charge on any atom is -0.384 e. The van der Waals surface area contributed by atoms with Gasteiger partial charge < -0.3 is 10.4 Å². The van der Waals surface area contributed by atoms with E-state index in [1.807, 2.05) is 20.8 Å². The topological polar surface area (TPSA) is 32.3 Å². The van der Waals surface area contributed by atoms with Crippen molar-refractivity contribution in [3.63, 3.8) is 0 Å². The van der Waals surface area contributed by atoms with Crippen molar-refractivity contribution < 1.29 is 5.11 Å². The van der Waals surface area contributed by atoms with Crippen LogP contribution in [0.2, 0.25) is 10.0 Å². The van der Waals surface area contributed by atoms with Crippen LogP contribution >= 0.6 is 23.2 Å². The van der Waals surface area contributed by atoms with Crippen LogP contribution in [0.1, 0.15) is 33.3 Å². The zero-order valence-corrected chi connectivity index (χ0v) is 12.2. The maximum absolute atomic E-state index is 10.4. The average Bonchev–Trinajstić information content (AvgIpc) is 2.18. The lowest BCUT2D eigenvalue weighted by Gasteiger charge is -2.30. The van der Waals surface area contributed by atoms with E-state index in [1.54, 1.807) is 25.1 Å². The molecule has 0 saturated heterocycles. The van der Waals surface area contributed by atoms with E-state index in [1.165, 1.54) is 0 Å². The summed E-state index contributed by atoms with van der Waals surface area (Å²) in [4.78, 5) is 0. The molecule has 4 heteroatoms. The monoisotopic (exact) mass is 275 g/mol. The van der Waals surface area contributed by atoms with E-state index in [0.29, 0.717) is 22.2 Å². The van der Waals surface area contributed by atoms with Crippen molar-refractivity contribution in [3.05, 3.63) is 33.8 Å². The normalized spacial score (nSPS) is 15.7. The van der Waals surface area contributed by atoms with Gasteiger partial charge in [0.15, 0.2) is 0 Å². The summed E-state index contributed by atoms with van der Waals surface area (Å²) in [5.74, 6) is 0. The fourth-order valence-electron chi connectivity index (χ4n) is 1.45. The molecule has 2 N–H and O–H groups in total. The summed E-state index contributed by atoms with van der Waals surface area (Å²) in [6.07, 6.45) is 0. The third kappa shape index (κ3) is 4.14. The number of aliphatic hydroxyl groups is 1. The Morgan fingerprint density at radius 2 is 1.76 bits per heavy atom. The Kier molecular flexibility index (Phi) is 4.48. The molecule has 1 aromatic carbocycles. The first-order valence-corrected chi connectivity index (χ1v) is 6.31. The maximum atomic E-state index is 10.4. The Morgan fingerprint density at radius 1 is 1.18 bits per heavy atom. The second-order valence-corrected chi connectivity index (χ2v) is 6.26. The van der Waals surface area contributed by atoms with Gasteiger partial charge in [-0.3, -0.25) is 0 Å². The van der Waals surface area contributed by atoms with Crippen LogP contribution in [0.5, 0.6) is 0 Å². The first kappa shape index (κ1) is 14.8. The van der Waals surface area contributed by atoms with Crippen LogP contribution in [0.15, 0.2) is 18.2 Å². The van der Waals surface area contributed by atoms with Gasteiger partial charge in [0, 0.05) is 17.6 Å². The quantitative estimate of drug-likeness (QED) is 0.884. The van der Waals surface area contributed by atoms with Crippen LogP contribution in [0.4, 0.5) is 0 Å². The minimum atomic E-state index is -1.05. The van der Waals surface area contributed by atoms with Gasteiger partial charge in [-0.05, 0) is 33.8 Å². The maximum Gasteiger partial charge on any atom is 0.101 e. The molecule has 0 amide bonds. The first-order chi connectivity index (χ1) is 7.63. The largest absolute Gasteiger partial charge is 0.384 e. The molecule has 1 aromatic rings. The van der Waals surface area contributed by atoms with Crippen LogP contribution in [-0.2, 0) is 5.60 Å². The third-order valence-electron chi connectivity index (χ3n) is 2.49. The minimum absolute atomic E-state index is 0.0605. The Labute approximate surface area is 113 Å². The Bertz CT molecular complexity index is 397. The summed E-state index contributed by atoms with van der Waals surface area (Å²) < 4.78 is 0. The molecule has 0 saturated carbocycles. The van der Waals surface area contributed by atoms with Gasteiger partial charge in [-0.25, -0.2) is 0 Å². The lowest BCUT2D eigenvalue weighted by Crippen LogP contribution is -2.44. The van der Waals surface area contributed by atoms with Gasteiger partial charge in [-0.15, -0.1) is 0 Å². The Morgan fingerprint density at radius 3 is 2.29 bits per heavy atom. The summed E-state index contributed by atoms with van der Waals surface area (Å²) in [5.41, 5.74) is -0.465. The highest BCUT2D eigenvalue weighted by atomic mass is 35.5. The molecule has 0 aliphatic heterocycles. The van der Waals surface area contributed by atoms with Crippen LogP contribution in [-0.4, -0.2) is 17.2 Å². The lowest BCUT2D eigenvalue weighted by molar-refractivity contribution is 0.0503. The molecule has 0 aliphatic rings. The smallest absolute Gasteiger partial charge is 0.101 e. The van der Waals surface area contributed by atoms with Gasteiger partial charge in [0.1, 0.15) is 5.60 Å². The number of halogens is 2. The third-order valence-corrected chi connectivity index (χ3v) is 3.31. The van der Waals surface area contributed by atoms with Crippen LogP contribution in [0.3, 0.4) is 0 Å². The molecule has 0 heterocycles. The number of hydrogen-bond donors (Lipinski definition) is 2. The molecule has 96 valence electrons. The van der Waals surface area contributed by atoms with Crippen molar-refractivity contribution in [2.45, 2.75) is 38.8 Å². The van der Waals surface area contributed by atoms with E-state index in [2.05, 4.69) is 5.32 Å². The lowest BCUT2D eigenvalue weighted by atomic mass is 9.94. The van der Waals surface area contributed by atoms with E-state index in [4.69, 9.17) is 23.2 Å². The fraction of sp³-hybridized carbons (Fsp3) is 0.538. The summed E-state index contributed by atoms with van der Waals surface area (Å²) in [6, 6.07) is 5.29. The first-order valence-electron chi connectivity index (χ1n) is 5.55. The molecule has 0 fully saturated rings. The zero-order chi connectivity index (χ0) is 13.3. The zero-order valence-electron chi connectivity index (χ0n) is 10.6. The summed E-state index contributed by atoms with van der Waals surface area (Å²) >= 11 is 12.1. The van der Waals surface area contributed by atoms with Crippen molar-refractivity contribution in [1.29, 1.82) is 0 Å². The summed E-state index contributed by atoms with van der Waals surface area (Å²) in [6.45, 7) is 8.27. The van der Waals surface area contributed by atoms with Gasteiger partial charge in [0.25, 0.3) is 0 Å². The number of β-amino-alcohol motifs (C(OH)–C–C–N with tert-alkyl or cyclic N) is 1. The second-order valence-electron chi connectivity index (χ2n) is 5.48. The number of rotatable bonds is 3. The molecule has 1 unspecified atom stereocenters. The van der Waals surface area contributed by atoms with Gasteiger partial charge >= 0.3 is 0 Å². The molecule has 1 atom stereocenters. The number of benzene rings is 1. The highest BCUT2D eigenvalue weighted by Crippen LogP contribution is 2.33. The van der Waals surface area contributed by atoms with Crippen LogP contribution in [0.25, 0.3) is 0 Å². The molecule has 0 aliphatic carbocycles. The van der Waals surface area contributed by atoms with Gasteiger partial charge in [0.05, 0.1) is 10.0 Å². The van der Waals surface area contributed by atoms with Gasteiger partial charge in [-0.1, -0.05) is 35.3 Å². The molecule has 0 aromatic heterocycles. The molecular weight excluding hydrogens is 257 g/mol. The molecular formula is C13H19Cl2NO. The fourth-order valence-corrected chi connectivity index (χ4v) is 1.96. The van der Waals surface area contributed by atoms with E-state index in [9.17, 15) is 5.11 Å². The highest BCUT2D eigenvalue weighted by Gasteiger charge is 2.28. The summed E-state index contributed by atoms with van der Waals surface area (Å²) in [7, 11) is 0. The molecule has 17 heavy (non-hydrogen) atoms. The van der Waals surface area contributed by atoms with E-state index < -0.39 is 5.60 Å².